The van der Waals surface area contributed by atoms with Crippen LogP contribution in [-0.4, -0.2) is 0 Å². The van der Waals surface area contributed by atoms with E-state index < -0.39 is 0 Å². The first-order valence-corrected chi connectivity index (χ1v) is 5.86. The molecule has 1 aromatic rings. The molecule has 1 aliphatic rings. The fraction of sp³-hybridized carbons (Fsp3) is 0.333. The zero-order valence-corrected chi connectivity index (χ0v) is 9.37. The standard InChI is InChI=1S/C15H18/c1-2-3-8-13-11-7-12-15(13)14-9-5-4-6-10-14/h4-7,9-11H,2-3,8,12H2,1H3. The second kappa shape index (κ2) is 4.97. The smallest absolute Gasteiger partial charge is 0.00856 e. The molecule has 0 heterocycles. The molecule has 0 spiro atoms. The van der Waals surface area contributed by atoms with Crippen LogP contribution >= 0.6 is 0 Å². The molecule has 0 heteroatoms. The van der Waals surface area contributed by atoms with Crippen molar-refractivity contribution in [2.45, 2.75) is 32.6 Å². The van der Waals surface area contributed by atoms with Crippen LogP contribution < -0.4 is 0 Å². The van der Waals surface area contributed by atoms with Crippen LogP contribution in [0.1, 0.15) is 38.2 Å². The summed E-state index contributed by atoms with van der Waals surface area (Å²) in [6.07, 6.45) is 9.51. The summed E-state index contributed by atoms with van der Waals surface area (Å²) in [7, 11) is 0. The summed E-state index contributed by atoms with van der Waals surface area (Å²) in [6.45, 7) is 2.25. The summed E-state index contributed by atoms with van der Waals surface area (Å²) >= 11 is 0. The maximum atomic E-state index is 2.30. The van der Waals surface area contributed by atoms with Crippen LogP contribution in [-0.2, 0) is 0 Å². The van der Waals surface area contributed by atoms with Crippen LogP contribution in [0.2, 0.25) is 0 Å². The highest BCUT2D eigenvalue weighted by Crippen LogP contribution is 2.31. The third-order valence-corrected chi connectivity index (χ3v) is 2.95. The number of hydrogen-bond acceptors (Lipinski definition) is 0. The van der Waals surface area contributed by atoms with E-state index in [9.17, 15) is 0 Å². The minimum Gasteiger partial charge on any atom is -0.0798 e. The van der Waals surface area contributed by atoms with E-state index in [1.54, 1.807) is 5.57 Å². The number of benzene rings is 1. The SMILES string of the molecule is CCCCC1=C(c2ccccc2)CC=C1. The second-order valence-electron chi connectivity index (χ2n) is 4.08. The maximum Gasteiger partial charge on any atom is -0.00856 e. The lowest BCUT2D eigenvalue weighted by Gasteiger charge is -2.06. The van der Waals surface area contributed by atoms with E-state index in [4.69, 9.17) is 0 Å². The quantitative estimate of drug-likeness (QED) is 0.663. The summed E-state index contributed by atoms with van der Waals surface area (Å²) in [5.41, 5.74) is 4.47. The summed E-state index contributed by atoms with van der Waals surface area (Å²) in [6, 6.07) is 10.8. The first-order valence-electron chi connectivity index (χ1n) is 5.86. The Kier molecular flexibility index (Phi) is 3.39. The van der Waals surface area contributed by atoms with Gasteiger partial charge >= 0.3 is 0 Å². The summed E-state index contributed by atoms with van der Waals surface area (Å²) in [5.74, 6) is 0. The Morgan fingerprint density at radius 3 is 2.67 bits per heavy atom. The Morgan fingerprint density at radius 1 is 1.13 bits per heavy atom. The van der Waals surface area contributed by atoms with Crippen molar-refractivity contribution < 1.29 is 0 Å². The molecular weight excluding hydrogens is 180 g/mol. The van der Waals surface area contributed by atoms with Crippen molar-refractivity contribution in [3.05, 3.63) is 53.6 Å². The van der Waals surface area contributed by atoms with Gasteiger partial charge in [-0.1, -0.05) is 55.8 Å². The van der Waals surface area contributed by atoms with Crippen LogP contribution in [0.3, 0.4) is 0 Å². The lowest BCUT2D eigenvalue weighted by Crippen LogP contribution is -1.85. The fourth-order valence-corrected chi connectivity index (χ4v) is 2.09. The second-order valence-corrected chi connectivity index (χ2v) is 4.08. The Balaban J connectivity index is 2.20. The molecule has 0 aromatic heterocycles. The molecule has 0 N–H and O–H groups in total. The van der Waals surface area contributed by atoms with Crippen LogP contribution in [0.25, 0.3) is 5.57 Å². The highest BCUT2D eigenvalue weighted by Gasteiger charge is 2.09. The van der Waals surface area contributed by atoms with E-state index >= 15 is 0 Å². The van der Waals surface area contributed by atoms with Gasteiger partial charge in [-0.25, -0.2) is 0 Å². The van der Waals surface area contributed by atoms with Crippen molar-refractivity contribution in [2.75, 3.05) is 0 Å². The van der Waals surface area contributed by atoms with E-state index in [0.717, 1.165) is 6.42 Å². The Hall–Kier alpha value is -1.30. The first kappa shape index (κ1) is 10.2. The Labute approximate surface area is 92.3 Å². The minimum atomic E-state index is 1.11. The van der Waals surface area contributed by atoms with Gasteiger partial charge < -0.3 is 0 Å². The highest BCUT2D eigenvalue weighted by atomic mass is 14.1. The molecule has 15 heavy (non-hydrogen) atoms. The molecule has 0 unspecified atom stereocenters. The van der Waals surface area contributed by atoms with Crippen LogP contribution in [0.5, 0.6) is 0 Å². The van der Waals surface area contributed by atoms with Crippen LogP contribution in [0.15, 0.2) is 48.1 Å². The molecular formula is C15H18. The third kappa shape index (κ3) is 2.38. The Bertz CT molecular complexity index is 368. The molecule has 0 bridgehead atoms. The lowest BCUT2D eigenvalue weighted by atomic mass is 9.98. The van der Waals surface area contributed by atoms with Gasteiger partial charge in [0.2, 0.25) is 0 Å². The van der Waals surface area contributed by atoms with Gasteiger partial charge in [0.25, 0.3) is 0 Å². The van der Waals surface area contributed by atoms with Gasteiger partial charge in [-0.05, 0) is 36.0 Å². The fourth-order valence-electron chi connectivity index (χ4n) is 2.09. The summed E-state index contributed by atoms with van der Waals surface area (Å²) in [4.78, 5) is 0. The minimum absolute atomic E-state index is 1.11. The van der Waals surface area contributed by atoms with Gasteiger partial charge in [0.1, 0.15) is 0 Å². The van der Waals surface area contributed by atoms with E-state index in [2.05, 4.69) is 49.4 Å². The molecule has 0 saturated carbocycles. The van der Waals surface area contributed by atoms with Crippen molar-refractivity contribution >= 4 is 5.57 Å². The normalized spacial score (nSPS) is 15.0. The molecule has 0 atom stereocenters. The van der Waals surface area contributed by atoms with Crippen molar-refractivity contribution in [1.82, 2.24) is 0 Å². The van der Waals surface area contributed by atoms with E-state index in [0.29, 0.717) is 0 Å². The predicted octanol–water partition coefficient (Wildman–Crippen LogP) is 4.59. The van der Waals surface area contributed by atoms with Crippen molar-refractivity contribution in [2.24, 2.45) is 0 Å². The third-order valence-electron chi connectivity index (χ3n) is 2.95. The van der Waals surface area contributed by atoms with E-state index in [1.165, 1.54) is 30.4 Å². The first-order chi connectivity index (χ1) is 7.42. The predicted molar refractivity (Wildman–Crippen MR) is 66.6 cm³/mol. The van der Waals surface area contributed by atoms with Gasteiger partial charge in [0, 0.05) is 0 Å². The van der Waals surface area contributed by atoms with Gasteiger partial charge in [-0.2, -0.15) is 0 Å². The van der Waals surface area contributed by atoms with Crippen LogP contribution in [0, 0.1) is 0 Å². The Morgan fingerprint density at radius 2 is 1.93 bits per heavy atom. The average Bonchev–Trinajstić information content (AvgIpc) is 2.75. The highest BCUT2D eigenvalue weighted by molar-refractivity contribution is 5.74. The maximum absolute atomic E-state index is 2.30. The van der Waals surface area contributed by atoms with Crippen LogP contribution in [0.4, 0.5) is 0 Å². The molecule has 0 amide bonds. The lowest BCUT2D eigenvalue weighted by molar-refractivity contribution is 0.800. The largest absolute Gasteiger partial charge is 0.0798 e. The van der Waals surface area contributed by atoms with Crippen molar-refractivity contribution in [3.8, 4) is 0 Å². The molecule has 78 valence electrons. The monoisotopic (exact) mass is 198 g/mol. The van der Waals surface area contributed by atoms with Crippen molar-refractivity contribution in [1.29, 1.82) is 0 Å². The zero-order chi connectivity index (χ0) is 10.5. The molecule has 0 aliphatic heterocycles. The van der Waals surface area contributed by atoms with Gasteiger partial charge in [0.05, 0.1) is 0 Å². The van der Waals surface area contributed by atoms with Gasteiger partial charge in [-0.3, -0.25) is 0 Å². The number of allylic oxidation sites excluding steroid dienone is 4. The summed E-state index contributed by atoms with van der Waals surface area (Å²) in [5, 5.41) is 0. The molecule has 1 aliphatic carbocycles. The molecule has 0 fully saturated rings. The average molecular weight is 198 g/mol. The van der Waals surface area contributed by atoms with E-state index in [-0.39, 0.29) is 0 Å². The van der Waals surface area contributed by atoms with Gasteiger partial charge in [-0.15, -0.1) is 0 Å². The van der Waals surface area contributed by atoms with E-state index in [1.807, 2.05) is 0 Å². The molecule has 1 aromatic carbocycles. The number of rotatable bonds is 4. The van der Waals surface area contributed by atoms with Crippen molar-refractivity contribution in [3.63, 3.8) is 0 Å². The van der Waals surface area contributed by atoms with Gasteiger partial charge in [0.15, 0.2) is 0 Å². The molecule has 0 nitrogen and oxygen atoms in total. The number of unbranched alkanes of at least 4 members (excludes halogenated alkanes) is 1. The summed E-state index contributed by atoms with van der Waals surface area (Å²) < 4.78 is 0. The topological polar surface area (TPSA) is 0 Å². The molecule has 0 saturated heterocycles. The number of hydrogen-bond donors (Lipinski definition) is 0. The molecule has 0 radical (unpaired) electrons. The molecule has 2 rings (SSSR count). The zero-order valence-electron chi connectivity index (χ0n) is 9.37.